The van der Waals surface area contributed by atoms with Gasteiger partial charge in [0.1, 0.15) is 6.10 Å². The average Bonchev–Trinajstić information content (AvgIpc) is 2.75. The van der Waals surface area contributed by atoms with Crippen molar-refractivity contribution in [2.24, 2.45) is 11.8 Å². The molecule has 0 saturated carbocycles. The van der Waals surface area contributed by atoms with Crippen molar-refractivity contribution in [2.45, 2.75) is 95.7 Å². The van der Waals surface area contributed by atoms with Crippen LogP contribution in [0, 0.1) is 11.8 Å². The molecule has 2 saturated heterocycles. The Hall–Kier alpha value is -1.92. The second-order valence-electron chi connectivity index (χ2n) is 9.51. The van der Waals surface area contributed by atoms with Crippen molar-refractivity contribution in [2.75, 3.05) is 7.11 Å². The minimum atomic E-state index is -0.390. The molecule has 2 fully saturated rings. The fourth-order valence-corrected chi connectivity index (χ4v) is 4.98. The summed E-state index contributed by atoms with van der Waals surface area (Å²) < 4.78 is 23.3. The average molecular weight is 447 g/mol. The lowest BCUT2D eigenvalue weighted by molar-refractivity contribution is -0.154. The van der Waals surface area contributed by atoms with Crippen LogP contribution in [0.1, 0.15) is 65.2 Å². The molecule has 0 aliphatic carbocycles. The van der Waals surface area contributed by atoms with Crippen molar-refractivity contribution in [3.8, 4) is 0 Å². The van der Waals surface area contributed by atoms with Gasteiger partial charge in [-0.1, -0.05) is 44.2 Å². The Morgan fingerprint density at radius 3 is 2.44 bits per heavy atom. The van der Waals surface area contributed by atoms with Gasteiger partial charge in [0, 0.05) is 18.4 Å². The van der Waals surface area contributed by atoms with Crippen molar-refractivity contribution in [3.63, 3.8) is 0 Å². The number of methoxy groups -OCH3 is 1. The maximum absolute atomic E-state index is 12.7. The first-order valence-electron chi connectivity index (χ1n) is 11.9. The number of ether oxygens (including phenoxy) is 4. The molecule has 178 valence electrons. The van der Waals surface area contributed by atoms with Crippen molar-refractivity contribution >= 4 is 11.9 Å². The van der Waals surface area contributed by atoms with E-state index in [1.165, 1.54) is 13.2 Å². The highest BCUT2D eigenvalue weighted by Gasteiger charge is 2.33. The molecule has 0 spiro atoms. The molecule has 6 nitrogen and oxygen atoms in total. The van der Waals surface area contributed by atoms with E-state index in [4.69, 9.17) is 18.9 Å². The van der Waals surface area contributed by atoms with Gasteiger partial charge in [-0.05, 0) is 44.4 Å². The molecule has 0 unspecified atom stereocenters. The molecule has 0 amide bonds. The monoisotopic (exact) mass is 446 g/mol. The maximum Gasteiger partial charge on any atom is 0.330 e. The predicted molar refractivity (Wildman–Crippen MR) is 122 cm³/mol. The van der Waals surface area contributed by atoms with Crippen molar-refractivity contribution in [1.29, 1.82) is 0 Å². The van der Waals surface area contributed by atoms with E-state index in [2.05, 4.69) is 25.7 Å². The summed E-state index contributed by atoms with van der Waals surface area (Å²) in [6.45, 7) is 8.08. The number of hydrogen-bond acceptors (Lipinski definition) is 6. The first kappa shape index (κ1) is 24.7. The molecule has 4 bridgehead atoms. The van der Waals surface area contributed by atoms with Gasteiger partial charge in [0.05, 0.1) is 37.9 Å². The number of allylic oxidation sites excluding steroid dienone is 1. The van der Waals surface area contributed by atoms with E-state index in [9.17, 15) is 9.59 Å². The summed E-state index contributed by atoms with van der Waals surface area (Å²) in [5.74, 6) is -0.284. The van der Waals surface area contributed by atoms with Crippen molar-refractivity contribution in [1.82, 2.24) is 0 Å². The smallest absolute Gasteiger partial charge is 0.330 e. The summed E-state index contributed by atoms with van der Waals surface area (Å²) in [4.78, 5) is 24.5. The fraction of sp³-hybridized carbons (Fsp3) is 0.692. The van der Waals surface area contributed by atoms with Crippen LogP contribution in [0.3, 0.4) is 0 Å². The van der Waals surface area contributed by atoms with Crippen LogP contribution in [0.5, 0.6) is 0 Å². The molecule has 3 rings (SSSR count). The number of carbonyl (C=O) groups excluding carboxylic acids is 2. The molecule has 3 aliphatic heterocycles. The zero-order valence-corrected chi connectivity index (χ0v) is 19.7. The second-order valence-corrected chi connectivity index (χ2v) is 9.51. The number of cyclic esters (lactones) is 1. The van der Waals surface area contributed by atoms with Gasteiger partial charge >= 0.3 is 11.9 Å². The highest BCUT2D eigenvalue weighted by molar-refractivity contribution is 5.82. The zero-order chi connectivity index (χ0) is 23.1. The van der Waals surface area contributed by atoms with Crippen LogP contribution in [0.25, 0.3) is 0 Å². The number of rotatable bonds is 2. The van der Waals surface area contributed by atoms with Crippen LogP contribution < -0.4 is 0 Å². The van der Waals surface area contributed by atoms with Gasteiger partial charge in [-0.3, -0.25) is 4.79 Å². The SMILES string of the molecule is C=C[C@@H]1OC(=O)C[C@@H]2C/C(=C\C(=O)OC)C[C@H](C[C@@H]3CCC[C@H](C[C@@H](C)/C=C/[C@@H]1C)O3)O2. The third-order valence-corrected chi connectivity index (χ3v) is 6.64. The Balaban J connectivity index is 1.82. The maximum atomic E-state index is 12.7. The Morgan fingerprint density at radius 2 is 1.72 bits per heavy atom. The topological polar surface area (TPSA) is 71.1 Å². The minimum Gasteiger partial charge on any atom is -0.466 e. The first-order chi connectivity index (χ1) is 15.4. The molecule has 0 radical (unpaired) electrons. The highest BCUT2D eigenvalue weighted by Crippen LogP contribution is 2.33. The Kier molecular flexibility index (Phi) is 9.11. The molecule has 0 aromatic heterocycles. The fourth-order valence-electron chi connectivity index (χ4n) is 4.98. The van der Waals surface area contributed by atoms with Crippen molar-refractivity contribution in [3.05, 3.63) is 36.5 Å². The van der Waals surface area contributed by atoms with Gasteiger partial charge in [-0.25, -0.2) is 4.79 Å². The molecule has 6 heteroatoms. The number of fused-ring (bicyclic) bond motifs is 4. The van der Waals surface area contributed by atoms with E-state index in [-0.39, 0.29) is 48.7 Å². The molecule has 0 aromatic carbocycles. The van der Waals surface area contributed by atoms with Gasteiger partial charge in [0.15, 0.2) is 0 Å². The normalized spacial score (nSPS) is 39.0. The molecule has 32 heavy (non-hydrogen) atoms. The second kappa shape index (κ2) is 11.8. The van der Waals surface area contributed by atoms with Crippen LogP contribution in [0.15, 0.2) is 36.5 Å². The minimum absolute atomic E-state index is 0.0293. The zero-order valence-electron chi connectivity index (χ0n) is 19.7. The van der Waals surface area contributed by atoms with Gasteiger partial charge < -0.3 is 18.9 Å². The highest BCUT2D eigenvalue weighted by atomic mass is 16.6. The standard InChI is InChI=1S/C26H38O6/c1-5-24-18(3)10-9-17(2)11-20-7-6-8-21(30-20)15-22-12-19(14-25(27)29-4)13-23(31-22)16-26(28)32-24/h5,9-10,14,17-18,20-24H,1,6-8,11-13,15-16H2,2-4H3/b10-9+,19-14-/t17-,18-,20+,21-,22+,23-,24-/m0/s1. The summed E-state index contributed by atoms with van der Waals surface area (Å²) >= 11 is 0. The van der Waals surface area contributed by atoms with Crippen LogP contribution in [0.4, 0.5) is 0 Å². The summed E-state index contributed by atoms with van der Waals surface area (Å²) in [5, 5.41) is 0. The molecular formula is C26H38O6. The van der Waals surface area contributed by atoms with E-state index in [1.807, 2.05) is 6.92 Å². The van der Waals surface area contributed by atoms with E-state index >= 15 is 0 Å². The summed E-state index contributed by atoms with van der Waals surface area (Å²) in [5.41, 5.74) is 0.949. The molecule has 3 aliphatic rings. The van der Waals surface area contributed by atoms with Gasteiger partial charge in [-0.2, -0.15) is 0 Å². The van der Waals surface area contributed by atoms with Crippen molar-refractivity contribution < 1.29 is 28.5 Å². The summed E-state index contributed by atoms with van der Waals surface area (Å²) in [6.07, 6.45) is 13.4. The number of carbonyl (C=O) groups is 2. The van der Waals surface area contributed by atoms with Gasteiger partial charge in [-0.15, -0.1) is 0 Å². The third-order valence-electron chi connectivity index (χ3n) is 6.64. The van der Waals surface area contributed by atoms with Gasteiger partial charge in [0.2, 0.25) is 0 Å². The molecule has 0 aromatic rings. The van der Waals surface area contributed by atoms with E-state index in [0.717, 1.165) is 37.7 Å². The molecule has 7 atom stereocenters. The molecule has 3 heterocycles. The summed E-state index contributed by atoms with van der Waals surface area (Å²) in [7, 11) is 1.37. The number of hydrogen-bond donors (Lipinski definition) is 0. The van der Waals surface area contributed by atoms with Crippen LogP contribution in [-0.4, -0.2) is 49.6 Å². The Labute approximate surface area is 192 Å². The lowest BCUT2D eigenvalue weighted by Crippen LogP contribution is -2.37. The lowest BCUT2D eigenvalue weighted by Gasteiger charge is -2.37. The largest absolute Gasteiger partial charge is 0.466 e. The van der Waals surface area contributed by atoms with Crippen LogP contribution in [0.2, 0.25) is 0 Å². The van der Waals surface area contributed by atoms with E-state index in [0.29, 0.717) is 18.8 Å². The quantitative estimate of drug-likeness (QED) is 0.348. The van der Waals surface area contributed by atoms with E-state index in [1.54, 1.807) is 6.08 Å². The lowest BCUT2D eigenvalue weighted by atomic mass is 9.89. The number of esters is 2. The first-order valence-corrected chi connectivity index (χ1v) is 11.9. The van der Waals surface area contributed by atoms with Crippen LogP contribution >= 0.6 is 0 Å². The van der Waals surface area contributed by atoms with Crippen LogP contribution in [-0.2, 0) is 28.5 Å². The van der Waals surface area contributed by atoms with Gasteiger partial charge in [0.25, 0.3) is 0 Å². The predicted octanol–water partition coefficient (Wildman–Crippen LogP) is 4.68. The Morgan fingerprint density at radius 1 is 1.03 bits per heavy atom. The van der Waals surface area contributed by atoms with E-state index < -0.39 is 6.10 Å². The molecular weight excluding hydrogens is 408 g/mol. The third kappa shape index (κ3) is 7.31. The Bertz CT molecular complexity index is 726. The molecule has 0 N–H and O–H groups in total. The summed E-state index contributed by atoms with van der Waals surface area (Å²) in [6, 6.07) is 0.